The minimum Gasteiger partial charge on any atom is -0.492 e. The van der Waals surface area contributed by atoms with Crippen LogP contribution in [0.25, 0.3) is 0 Å². The lowest BCUT2D eigenvalue weighted by Gasteiger charge is -2.21. The lowest BCUT2D eigenvalue weighted by molar-refractivity contribution is 0.278. The van der Waals surface area contributed by atoms with Crippen LogP contribution in [-0.4, -0.2) is 31.1 Å². The Hall–Kier alpha value is -1.22. The highest BCUT2D eigenvalue weighted by Crippen LogP contribution is 2.22. The molecule has 3 nitrogen and oxygen atoms in total. The van der Waals surface area contributed by atoms with Gasteiger partial charge in [-0.1, -0.05) is 19.9 Å². The zero-order chi connectivity index (χ0) is 14.1. The van der Waals surface area contributed by atoms with Crippen molar-refractivity contribution >= 4 is 5.69 Å². The van der Waals surface area contributed by atoms with Gasteiger partial charge in [-0.25, -0.2) is 0 Å². The fraction of sp³-hybridized carbons (Fsp3) is 0.625. The van der Waals surface area contributed by atoms with E-state index in [4.69, 9.17) is 10.5 Å². The number of rotatable bonds is 9. The van der Waals surface area contributed by atoms with E-state index in [0.717, 1.165) is 24.4 Å². The molecule has 0 aliphatic carbocycles. The molecule has 0 aromatic heterocycles. The Morgan fingerprint density at radius 3 is 2.26 bits per heavy atom. The summed E-state index contributed by atoms with van der Waals surface area (Å²) in [6.45, 7) is 10.6. The molecule has 1 rings (SSSR count). The molecule has 108 valence electrons. The number of hydrogen-bond acceptors (Lipinski definition) is 3. The van der Waals surface area contributed by atoms with Gasteiger partial charge < -0.3 is 15.4 Å². The zero-order valence-electron chi connectivity index (χ0n) is 12.6. The Morgan fingerprint density at radius 1 is 1.05 bits per heavy atom. The van der Waals surface area contributed by atoms with Crippen LogP contribution in [0.1, 0.15) is 39.2 Å². The SMILES string of the molecule is CCCN(CCC)CCc1ccc(OCC)c(N)c1. The van der Waals surface area contributed by atoms with E-state index in [2.05, 4.69) is 24.8 Å². The minimum absolute atomic E-state index is 0.657. The number of nitrogen functional groups attached to an aromatic ring is 1. The van der Waals surface area contributed by atoms with Crippen LogP contribution in [0.2, 0.25) is 0 Å². The van der Waals surface area contributed by atoms with Crippen LogP contribution in [0.5, 0.6) is 5.75 Å². The second-order valence-electron chi connectivity index (χ2n) is 4.90. The number of nitrogens with two attached hydrogens (primary N) is 1. The van der Waals surface area contributed by atoms with Crippen LogP contribution in [-0.2, 0) is 6.42 Å². The van der Waals surface area contributed by atoms with Gasteiger partial charge in [0.05, 0.1) is 12.3 Å². The second-order valence-corrected chi connectivity index (χ2v) is 4.90. The third-order valence-electron chi connectivity index (χ3n) is 3.17. The molecule has 1 aromatic rings. The van der Waals surface area contributed by atoms with Crippen LogP contribution < -0.4 is 10.5 Å². The summed E-state index contributed by atoms with van der Waals surface area (Å²) in [5, 5.41) is 0. The van der Waals surface area contributed by atoms with E-state index in [9.17, 15) is 0 Å². The average molecular weight is 264 g/mol. The predicted molar refractivity (Wildman–Crippen MR) is 82.7 cm³/mol. The summed E-state index contributed by atoms with van der Waals surface area (Å²) in [5.74, 6) is 0.797. The molecule has 0 heterocycles. The average Bonchev–Trinajstić information content (AvgIpc) is 2.39. The number of ether oxygens (including phenoxy) is 1. The third-order valence-corrected chi connectivity index (χ3v) is 3.17. The second kappa shape index (κ2) is 8.81. The molecular formula is C16H28N2O. The van der Waals surface area contributed by atoms with Gasteiger partial charge in [-0.05, 0) is 57.0 Å². The maximum atomic E-state index is 5.99. The molecule has 0 amide bonds. The first-order valence-corrected chi connectivity index (χ1v) is 7.44. The zero-order valence-corrected chi connectivity index (χ0v) is 12.6. The van der Waals surface area contributed by atoms with Crippen LogP contribution in [0.3, 0.4) is 0 Å². The molecule has 2 N–H and O–H groups in total. The topological polar surface area (TPSA) is 38.5 Å². The molecule has 0 radical (unpaired) electrons. The van der Waals surface area contributed by atoms with Gasteiger partial charge in [0.1, 0.15) is 5.75 Å². The van der Waals surface area contributed by atoms with Gasteiger partial charge >= 0.3 is 0 Å². The highest BCUT2D eigenvalue weighted by molar-refractivity contribution is 5.54. The Kier molecular flexibility index (Phi) is 7.34. The molecule has 19 heavy (non-hydrogen) atoms. The molecular weight excluding hydrogens is 236 g/mol. The molecule has 0 bridgehead atoms. The fourth-order valence-corrected chi connectivity index (χ4v) is 2.30. The smallest absolute Gasteiger partial charge is 0.142 e. The van der Waals surface area contributed by atoms with Gasteiger partial charge in [-0.2, -0.15) is 0 Å². The van der Waals surface area contributed by atoms with Crippen molar-refractivity contribution in [2.24, 2.45) is 0 Å². The number of hydrogen-bond donors (Lipinski definition) is 1. The first kappa shape index (κ1) is 15.8. The van der Waals surface area contributed by atoms with E-state index in [-0.39, 0.29) is 0 Å². The van der Waals surface area contributed by atoms with Crippen molar-refractivity contribution in [3.05, 3.63) is 23.8 Å². The quantitative estimate of drug-likeness (QED) is 0.695. The van der Waals surface area contributed by atoms with Crippen LogP contribution in [0.15, 0.2) is 18.2 Å². The standard InChI is InChI=1S/C16H28N2O/c1-4-10-18(11-5-2)12-9-14-7-8-16(19-6-3)15(17)13-14/h7-8,13H,4-6,9-12,17H2,1-3H3. The molecule has 1 aromatic carbocycles. The molecule has 0 spiro atoms. The summed E-state index contributed by atoms with van der Waals surface area (Å²) in [6, 6.07) is 6.15. The lowest BCUT2D eigenvalue weighted by atomic mass is 10.1. The summed E-state index contributed by atoms with van der Waals surface area (Å²) in [5.41, 5.74) is 8.03. The minimum atomic E-state index is 0.657. The summed E-state index contributed by atoms with van der Waals surface area (Å²) in [6.07, 6.45) is 3.48. The summed E-state index contributed by atoms with van der Waals surface area (Å²) < 4.78 is 5.46. The van der Waals surface area contributed by atoms with Gasteiger partial charge in [-0.3, -0.25) is 0 Å². The summed E-state index contributed by atoms with van der Waals surface area (Å²) in [7, 11) is 0. The van der Waals surface area contributed by atoms with E-state index in [1.54, 1.807) is 0 Å². The van der Waals surface area contributed by atoms with Crippen LogP contribution >= 0.6 is 0 Å². The number of anilines is 1. The van der Waals surface area contributed by atoms with Crippen LogP contribution in [0, 0.1) is 0 Å². The molecule has 0 saturated heterocycles. The molecule has 0 unspecified atom stereocenters. The Balaban J connectivity index is 2.54. The maximum absolute atomic E-state index is 5.99. The Morgan fingerprint density at radius 2 is 1.74 bits per heavy atom. The first-order chi connectivity index (χ1) is 9.21. The van der Waals surface area contributed by atoms with Gasteiger partial charge in [0, 0.05) is 6.54 Å². The Bertz CT molecular complexity index is 360. The molecule has 0 fully saturated rings. The highest BCUT2D eigenvalue weighted by Gasteiger charge is 2.05. The molecule has 0 saturated carbocycles. The molecule has 0 atom stereocenters. The maximum Gasteiger partial charge on any atom is 0.142 e. The van der Waals surface area contributed by atoms with Gasteiger partial charge in [0.15, 0.2) is 0 Å². The van der Waals surface area contributed by atoms with Crippen molar-refractivity contribution in [2.75, 3.05) is 32.0 Å². The van der Waals surface area contributed by atoms with Crippen molar-refractivity contribution in [1.82, 2.24) is 4.90 Å². The largest absolute Gasteiger partial charge is 0.492 e. The summed E-state index contributed by atoms with van der Waals surface area (Å²) >= 11 is 0. The summed E-state index contributed by atoms with van der Waals surface area (Å²) in [4.78, 5) is 2.52. The van der Waals surface area contributed by atoms with E-state index in [1.165, 1.54) is 31.5 Å². The van der Waals surface area contributed by atoms with Crippen LogP contribution in [0.4, 0.5) is 5.69 Å². The molecule has 3 heteroatoms. The Labute approximate surface area is 117 Å². The number of benzene rings is 1. The van der Waals surface area contributed by atoms with E-state index >= 15 is 0 Å². The highest BCUT2D eigenvalue weighted by atomic mass is 16.5. The van der Waals surface area contributed by atoms with Crippen molar-refractivity contribution < 1.29 is 4.74 Å². The normalized spacial score (nSPS) is 10.9. The van der Waals surface area contributed by atoms with Crippen molar-refractivity contribution in [3.8, 4) is 5.75 Å². The van der Waals surface area contributed by atoms with Crippen molar-refractivity contribution in [3.63, 3.8) is 0 Å². The van der Waals surface area contributed by atoms with Gasteiger partial charge in [0.25, 0.3) is 0 Å². The predicted octanol–water partition coefficient (Wildman–Crippen LogP) is 3.33. The van der Waals surface area contributed by atoms with Crippen molar-refractivity contribution in [2.45, 2.75) is 40.0 Å². The van der Waals surface area contributed by atoms with Gasteiger partial charge in [-0.15, -0.1) is 0 Å². The van der Waals surface area contributed by atoms with E-state index in [1.807, 2.05) is 19.1 Å². The molecule has 0 aliphatic heterocycles. The fourth-order valence-electron chi connectivity index (χ4n) is 2.30. The van der Waals surface area contributed by atoms with E-state index < -0.39 is 0 Å². The third kappa shape index (κ3) is 5.52. The van der Waals surface area contributed by atoms with Crippen molar-refractivity contribution in [1.29, 1.82) is 0 Å². The lowest BCUT2D eigenvalue weighted by Crippen LogP contribution is -2.27. The monoisotopic (exact) mass is 264 g/mol. The van der Waals surface area contributed by atoms with E-state index in [0.29, 0.717) is 6.61 Å². The molecule has 0 aliphatic rings. The first-order valence-electron chi connectivity index (χ1n) is 7.44. The van der Waals surface area contributed by atoms with Gasteiger partial charge in [0.2, 0.25) is 0 Å². The number of nitrogens with zero attached hydrogens (tertiary/aromatic N) is 1.